The number of carbonyl (C=O) groups excluding carboxylic acids is 4. The lowest BCUT2D eigenvalue weighted by atomic mass is 9.79. The van der Waals surface area contributed by atoms with Crippen LogP contribution in [0, 0.1) is 29.1 Å². The third-order valence-corrected chi connectivity index (χ3v) is 15.2. The average molecular weight is 846 g/mol. The van der Waals surface area contributed by atoms with E-state index in [2.05, 4.69) is 16.7 Å². The van der Waals surface area contributed by atoms with Crippen LogP contribution in [-0.4, -0.2) is 87.8 Å². The fourth-order valence-electron chi connectivity index (χ4n) is 9.06. The first-order valence-corrected chi connectivity index (χ1v) is 22.8. The number of pyridine rings is 1. The van der Waals surface area contributed by atoms with Crippen molar-refractivity contribution in [1.29, 1.82) is 0 Å². The zero-order chi connectivity index (χ0) is 43.2. The van der Waals surface area contributed by atoms with E-state index in [4.69, 9.17) is 19.2 Å². The first-order chi connectivity index (χ1) is 28.4. The molecular weight excluding hydrogens is 787 g/mol. The molecule has 2 saturated carbocycles. The van der Waals surface area contributed by atoms with E-state index in [-0.39, 0.29) is 55.3 Å². The van der Waals surface area contributed by atoms with Gasteiger partial charge in [-0.25, -0.2) is 18.1 Å². The number of hydrogen-bond donors (Lipinski definition) is 1. The maximum atomic E-state index is 15.2. The zero-order valence-electron chi connectivity index (χ0n) is 35.8. The normalized spacial score (nSPS) is 28.8. The van der Waals surface area contributed by atoms with Crippen LogP contribution in [0.2, 0.25) is 0 Å². The molecule has 1 N–H and O–H groups in total. The quantitative estimate of drug-likeness (QED) is 0.174. The lowest BCUT2D eigenvalue weighted by molar-refractivity contribution is -0.160. The van der Waals surface area contributed by atoms with Crippen molar-refractivity contribution in [3.05, 3.63) is 55.0 Å². The molecular formula is C45H59N5O9S. The number of esters is 1. The summed E-state index contributed by atoms with van der Waals surface area (Å²) in [5.74, 6) is -2.07. The third kappa shape index (κ3) is 8.96. The van der Waals surface area contributed by atoms with Crippen LogP contribution >= 0.6 is 0 Å². The second kappa shape index (κ2) is 16.6. The number of hydrogen-bond acceptors (Lipinski definition) is 11. The second-order valence-electron chi connectivity index (χ2n) is 18.7. The average Bonchev–Trinajstić information content (AvgIpc) is 3.95. The summed E-state index contributed by atoms with van der Waals surface area (Å²) in [6.45, 7) is 11.2. The topological polar surface area (TPSA) is 176 Å². The van der Waals surface area contributed by atoms with Gasteiger partial charge in [-0.15, -0.1) is 0 Å². The molecule has 15 heteroatoms. The first-order valence-electron chi connectivity index (χ1n) is 21.3. The van der Waals surface area contributed by atoms with Crippen molar-refractivity contribution in [3.63, 3.8) is 0 Å². The summed E-state index contributed by atoms with van der Waals surface area (Å²) < 4.78 is 47.6. The number of allylic oxidation sites excluding steroid dienone is 2. The second-order valence-corrected chi connectivity index (χ2v) is 20.9. The van der Waals surface area contributed by atoms with Gasteiger partial charge in [-0.1, -0.05) is 32.4 Å². The minimum absolute atomic E-state index is 0.0293. The summed E-state index contributed by atoms with van der Waals surface area (Å²) in [5, 5.41) is 5.82. The van der Waals surface area contributed by atoms with Gasteiger partial charge in [-0.05, 0) is 108 Å². The third-order valence-electron chi connectivity index (χ3n) is 13.0. The summed E-state index contributed by atoms with van der Waals surface area (Å²) in [7, 11) is -2.39. The predicted octanol–water partition coefficient (Wildman–Crippen LogP) is 6.49. The number of benzene rings is 1. The summed E-state index contributed by atoms with van der Waals surface area (Å²) in [6.07, 6.45) is 12.2. The molecule has 7 atom stereocenters. The number of rotatable bonds is 10. The SMILES string of the molecule is CC[C@@H]1C[C@H](C)CC/C=C\[C@@H]2C[C@@]2(C(=O)NS(=O)(=O)C2(C)CC2)CC(=O)C2C[C@@H](Oc3ncc(-n4cccn4)c4cc(OC)ccc34)CN2C(=O)[C@H]1CC(=O)OC(C)(C)C. The van der Waals surface area contributed by atoms with E-state index in [0.717, 1.165) is 11.8 Å². The Hall–Kier alpha value is -4.79. The van der Waals surface area contributed by atoms with Gasteiger partial charge in [0, 0.05) is 36.0 Å². The molecule has 0 bridgehead atoms. The molecule has 14 nitrogen and oxygen atoms in total. The zero-order valence-corrected chi connectivity index (χ0v) is 36.6. The number of amides is 2. The highest BCUT2D eigenvalue weighted by molar-refractivity contribution is 7.91. The molecule has 3 fully saturated rings. The maximum Gasteiger partial charge on any atom is 0.307 e. The number of ketones is 1. The summed E-state index contributed by atoms with van der Waals surface area (Å²) in [6, 6.07) is 6.32. The molecule has 4 heterocycles. The van der Waals surface area contributed by atoms with Gasteiger partial charge < -0.3 is 19.1 Å². The molecule has 3 aromatic rings. The van der Waals surface area contributed by atoms with Crippen LogP contribution < -0.4 is 14.2 Å². The number of methoxy groups -OCH3 is 1. The summed E-state index contributed by atoms with van der Waals surface area (Å²) in [4.78, 5) is 63.9. The van der Waals surface area contributed by atoms with Gasteiger partial charge in [-0.3, -0.25) is 23.9 Å². The van der Waals surface area contributed by atoms with Crippen molar-refractivity contribution in [1.82, 2.24) is 24.4 Å². The van der Waals surface area contributed by atoms with Crippen molar-refractivity contribution >= 4 is 44.4 Å². The molecule has 2 aromatic heterocycles. The minimum Gasteiger partial charge on any atom is -0.497 e. The fraction of sp³-hybridized carbons (Fsp3) is 0.600. The number of Topliss-reactive ketones (excluding diaryl/α,β-unsaturated/α-hetero) is 1. The standard InChI is InChI=1S/C45H59N5O9S/c1-8-29-20-28(2)12-9-10-13-30-24-45(30,42(54)48-60(55,56)44(6)16-17-44)25-38(51)36-22-32(27-49(36)41(53)34(29)23-39(52)59-43(3,4)5)58-40-33-15-14-31(57-7)21-35(33)37(26-46-40)50-19-11-18-47-50/h10-11,13-15,18-19,21,26,28-30,32,34,36H,8-9,12,16-17,20,22-25,27H2,1-7H3,(H,48,54)/b13-10-/t28-,29-,30-,32-,34+,36?,45-/m1/s1. The summed E-state index contributed by atoms with van der Waals surface area (Å²) in [5.41, 5.74) is -1.35. The highest BCUT2D eigenvalue weighted by atomic mass is 32.2. The largest absolute Gasteiger partial charge is 0.497 e. The molecule has 324 valence electrons. The van der Waals surface area contributed by atoms with E-state index in [1.165, 1.54) is 0 Å². The van der Waals surface area contributed by atoms with Crippen LogP contribution in [0.1, 0.15) is 106 Å². The fourth-order valence-corrected chi connectivity index (χ4v) is 10.4. The maximum absolute atomic E-state index is 15.2. The van der Waals surface area contributed by atoms with Gasteiger partial charge in [0.2, 0.25) is 27.7 Å². The van der Waals surface area contributed by atoms with Gasteiger partial charge in [0.15, 0.2) is 5.78 Å². The highest BCUT2D eigenvalue weighted by Gasteiger charge is 2.62. The lowest BCUT2D eigenvalue weighted by Crippen LogP contribution is -2.48. The van der Waals surface area contributed by atoms with E-state index in [9.17, 15) is 22.8 Å². The van der Waals surface area contributed by atoms with Crippen molar-refractivity contribution in [2.75, 3.05) is 13.7 Å². The number of aromatic nitrogens is 3. The lowest BCUT2D eigenvalue weighted by Gasteiger charge is -2.33. The predicted molar refractivity (Wildman–Crippen MR) is 225 cm³/mol. The molecule has 2 amide bonds. The molecule has 7 rings (SSSR count). The Morgan fingerprint density at radius 1 is 1.10 bits per heavy atom. The molecule has 1 unspecified atom stereocenters. The van der Waals surface area contributed by atoms with Gasteiger partial charge in [0.25, 0.3) is 0 Å². The number of nitrogens with one attached hydrogen (secondary N) is 1. The number of ether oxygens (including phenoxy) is 3. The molecule has 0 spiro atoms. The van der Waals surface area contributed by atoms with Crippen molar-refractivity contribution in [3.8, 4) is 17.3 Å². The van der Waals surface area contributed by atoms with Crippen LogP contribution in [0.4, 0.5) is 0 Å². The Balaban J connectivity index is 1.26. The Bertz CT molecular complexity index is 2260. The first kappa shape index (κ1) is 43.3. The Kier molecular flexibility index (Phi) is 12.0. The van der Waals surface area contributed by atoms with Crippen molar-refractivity contribution in [2.24, 2.45) is 29.1 Å². The monoisotopic (exact) mass is 845 g/mol. The number of carbonyl (C=O) groups is 4. The van der Waals surface area contributed by atoms with Gasteiger partial charge in [-0.2, -0.15) is 5.10 Å². The van der Waals surface area contributed by atoms with Gasteiger partial charge >= 0.3 is 5.97 Å². The van der Waals surface area contributed by atoms with Crippen LogP contribution in [0.25, 0.3) is 16.5 Å². The molecule has 0 radical (unpaired) electrons. The highest BCUT2D eigenvalue weighted by Crippen LogP contribution is 2.58. The van der Waals surface area contributed by atoms with E-state index < -0.39 is 55.7 Å². The van der Waals surface area contributed by atoms with E-state index >= 15 is 4.79 Å². The van der Waals surface area contributed by atoms with Crippen LogP contribution in [0.3, 0.4) is 0 Å². The van der Waals surface area contributed by atoms with Crippen LogP contribution in [0.5, 0.6) is 11.6 Å². The van der Waals surface area contributed by atoms with Gasteiger partial charge in [0.1, 0.15) is 17.5 Å². The molecule has 1 saturated heterocycles. The molecule has 2 aliphatic carbocycles. The minimum atomic E-state index is -3.97. The number of fused-ring (bicyclic) bond motifs is 3. The van der Waals surface area contributed by atoms with E-state index in [1.807, 2.05) is 43.5 Å². The Labute approximate surface area is 352 Å². The molecule has 2 aliphatic heterocycles. The molecule has 4 aliphatic rings. The van der Waals surface area contributed by atoms with E-state index in [1.54, 1.807) is 62.8 Å². The Morgan fingerprint density at radius 2 is 1.87 bits per heavy atom. The molecule has 60 heavy (non-hydrogen) atoms. The number of sulfonamides is 1. The van der Waals surface area contributed by atoms with Crippen molar-refractivity contribution < 1.29 is 41.8 Å². The Morgan fingerprint density at radius 3 is 2.53 bits per heavy atom. The van der Waals surface area contributed by atoms with Crippen LogP contribution in [-0.2, 0) is 33.9 Å². The smallest absolute Gasteiger partial charge is 0.307 e. The van der Waals surface area contributed by atoms with Crippen molar-refractivity contribution in [2.45, 2.75) is 128 Å². The molecule has 1 aromatic carbocycles. The number of nitrogens with zero attached hydrogens (tertiary/aromatic N) is 4. The van der Waals surface area contributed by atoms with E-state index in [0.29, 0.717) is 61.2 Å². The van der Waals surface area contributed by atoms with Crippen LogP contribution in [0.15, 0.2) is 55.0 Å². The van der Waals surface area contributed by atoms with Gasteiger partial charge in [0.05, 0.1) is 54.1 Å². The summed E-state index contributed by atoms with van der Waals surface area (Å²) >= 11 is 0.